The average Bonchev–Trinajstić information content (AvgIpc) is 2.80. The lowest BCUT2D eigenvalue weighted by Crippen LogP contribution is -2.36. The summed E-state index contributed by atoms with van der Waals surface area (Å²) in [4.78, 5) is 26.7. The molecule has 0 spiro atoms. The number of H-pyrrole nitrogens is 1. The maximum atomic E-state index is 12.6. The number of hydrogen-bond acceptors (Lipinski definition) is 6. The maximum absolute atomic E-state index is 12.6. The van der Waals surface area contributed by atoms with Crippen LogP contribution in [0.25, 0.3) is 22.2 Å². The van der Waals surface area contributed by atoms with Crippen molar-refractivity contribution in [3.05, 3.63) is 76.8 Å². The highest BCUT2D eigenvalue weighted by atomic mass is 16.5. The summed E-state index contributed by atoms with van der Waals surface area (Å²) in [5.41, 5.74) is 5.29. The molecule has 0 saturated carbocycles. The van der Waals surface area contributed by atoms with Gasteiger partial charge in [0.05, 0.1) is 30.8 Å². The molecule has 31 heavy (non-hydrogen) atoms. The maximum Gasteiger partial charge on any atom is 0.262 e. The number of rotatable bonds is 4. The van der Waals surface area contributed by atoms with E-state index in [0.717, 1.165) is 54.5 Å². The third kappa shape index (κ3) is 3.87. The van der Waals surface area contributed by atoms with Crippen LogP contribution in [0.5, 0.6) is 0 Å². The van der Waals surface area contributed by atoms with Gasteiger partial charge in [-0.1, -0.05) is 24.3 Å². The van der Waals surface area contributed by atoms with E-state index in [2.05, 4.69) is 32.3 Å². The molecule has 1 aliphatic heterocycles. The summed E-state index contributed by atoms with van der Waals surface area (Å²) in [7, 11) is 0. The molecule has 0 amide bonds. The molecule has 0 aliphatic carbocycles. The third-order valence-electron chi connectivity index (χ3n) is 5.55. The van der Waals surface area contributed by atoms with Crippen molar-refractivity contribution in [1.82, 2.24) is 15.0 Å². The van der Waals surface area contributed by atoms with Gasteiger partial charge in [0.25, 0.3) is 5.56 Å². The van der Waals surface area contributed by atoms with Crippen molar-refractivity contribution in [1.29, 1.82) is 0 Å². The van der Waals surface area contributed by atoms with Crippen LogP contribution in [0.2, 0.25) is 0 Å². The number of hydrogen-bond donors (Lipinski definition) is 2. The molecule has 2 aromatic carbocycles. The zero-order valence-electron chi connectivity index (χ0n) is 17.3. The monoisotopic (exact) mass is 413 g/mol. The fourth-order valence-corrected chi connectivity index (χ4v) is 3.89. The van der Waals surface area contributed by atoms with Crippen LogP contribution in [0.1, 0.15) is 5.56 Å². The lowest BCUT2D eigenvalue weighted by molar-refractivity contribution is 0.122. The van der Waals surface area contributed by atoms with Gasteiger partial charge in [0.1, 0.15) is 11.2 Å². The summed E-state index contributed by atoms with van der Waals surface area (Å²) in [6.45, 7) is 5.32. The number of nitrogens with zero attached hydrogens (tertiary/aromatic N) is 3. The Morgan fingerprint density at radius 3 is 2.61 bits per heavy atom. The van der Waals surface area contributed by atoms with Gasteiger partial charge in [0, 0.05) is 30.0 Å². The first-order valence-corrected chi connectivity index (χ1v) is 10.3. The molecular formula is C24H23N5O2. The van der Waals surface area contributed by atoms with Gasteiger partial charge in [-0.25, -0.2) is 9.97 Å². The quantitative estimate of drug-likeness (QED) is 0.528. The predicted octanol–water partition coefficient (Wildman–Crippen LogP) is 3.87. The first kappa shape index (κ1) is 19.3. The number of morpholine rings is 1. The Morgan fingerprint density at radius 1 is 1.06 bits per heavy atom. The van der Waals surface area contributed by atoms with Gasteiger partial charge in [-0.3, -0.25) is 4.79 Å². The van der Waals surface area contributed by atoms with E-state index in [0.29, 0.717) is 16.7 Å². The predicted molar refractivity (Wildman–Crippen MR) is 123 cm³/mol. The lowest BCUT2D eigenvalue weighted by Gasteiger charge is -2.28. The molecular weight excluding hydrogens is 390 g/mol. The second kappa shape index (κ2) is 8.20. The average molecular weight is 413 g/mol. The molecule has 5 rings (SSSR count). The Bertz CT molecular complexity index is 1280. The van der Waals surface area contributed by atoms with E-state index in [4.69, 9.17) is 9.72 Å². The second-order valence-corrected chi connectivity index (χ2v) is 7.57. The van der Waals surface area contributed by atoms with E-state index in [1.54, 1.807) is 0 Å². The van der Waals surface area contributed by atoms with Gasteiger partial charge in [0.2, 0.25) is 0 Å². The van der Waals surface area contributed by atoms with Crippen LogP contribution in [-0.4, -0.2) is 41.3 Å². The van der Waals surface area contributed by atoms with Gasteiger partial charge in [-0.05, 0) is 42.8 Å². The second-order valence-electron chi connectivity index (χ2n) is 7.57. The van der Waals surface area contributed by atoms with Crippen molar-refractivity contribution in [3.63, 3.8) is 0 Å². The fraction of sp³-hybridized carbons (Fsp3) is 0.208. The molecule has 0 atom stereocenters. The number of fused-ring (bicyclic) bond motifs is 1. The minimum atomic E-state index is -0.221. The first-order chi connectivity index (χ1) is 15.2. The van der Waals surface area contributed by atoms with Crippen LogP contribution in [-0.2, 0) is 4.74 Å². The Morgan fingerprint density at radius 2 is 1.84 bits per heavy atom. The Labute approximate surface area is 179 Å². The van der Waals surface area contributed by atoms with E-state index in [1.807, 2.05) is 49.4 Å². The number of pyridine rings is 1. The first-order valence-electron chi connectivity index (χ1n) is 10.3. The molecule has 156 valence electrons. The number of anilines is 3. The molecule has 1 fully saturated rings. The minimum absolute atomic E-state index is 0.221. The van der Waals surface area contributed by atoms with Crippen molar-refractivity contribution in [2.45, 2.75) is 6.92 Å². The highest BCUT2D eigenvalue weighted by Crippen LogP contribution is 2.29. The molecule has 0 unspecified atom stereocenters. The van der Waals surface area contributed by atoms with E-state index in [-0.39, 0.29) is 5.56 Å². The zero-order chi connectivity index (χ0) is 21.2. The van der Waals surface area contributed by atoms with E-state index in [9.17, 15) is 4.79 Å². The molecule has 2 N–H and O–H groups in total. The van der Waals surface area contributed by atoms with E-state index in [1.165, 1.54) is 6.33 Å². The molecule has 1 aliphatic rings. The minimum Gasteiger partial charge on any atom is -0.378 e. The van der Waals surface area contributed by atoms with Crippen molar-refractivity contribution < 1.29 is 4.74 Å². The van der Waals surface area contributed by atoms with E-state index >= 15 is 0 Å². The van der Waals surface area contributed by atoms with Crippen LogP contribution in [0.15, 0.2) is 65.7 Å². The summed E-state index contributed by atoms with van der Waals surface area (Å²) in [6.07, 6.45) is 1.42. The molecule has 0 bridgehead atoms. The smallest absolute Gasteiger partial charge is 0.262 e. The van der Waals surface area contributed by atoms with Gasteiger partial charge < -0.3 is 19.9 Å². The number of nitrogens with one attached hydrogen (secondary N) is 2. The topological polar surface area (TPSA) is 83.1 Å². The van der Waals surface area contributed by atoms with Crippen molar-refractivity contribution in [2.75, 3.05) is 36.5 Å². The fourth-order valence-electron chi connectivity index (χ4n) is 3.89. The highest BCUT2D eigenvalue weighted by molar-refractivity contribution is 5.93. The third-order valence-corrected chi connectivity index (χ3v) is 5.55. The Hall–Kier alpha value is -3.71. The SMILES string of the molecule is Cc1ccccc1-c1cc2nc[nH]c(=O)c2c(Nc2ccc(N3CCOCC3)cc2)n1. The molecule has 2 aromatic heterocycles. The zero-order valence-corrected chi connectivity index (χ0v) is 17.3. The Kier molecular flexibility index (Phi) is 5.09. The van der Waals surface area contributed by atoms with Crippen molar-refractivity contribution in [3.8, 4) is 11.3 Å². The summed E-state index contributed by atoms with van der Waals surface area (Å²) >= 11 is 0. The van der Waals surface area contributed by atoms with E-state index < -0.39 is 0 Å². The van der Waals surface area contributed by atoms with Gasteiger partial charge in [-0.15, -0.1) is 0 Å². The summed E-state index contributed by atoms with van der Waals surface area (Å²) in [6, 6.07) is 18.1. The number of aryl methyl sites for hydroxylation is 1. The van der Waals surface area contributed by atoms with Gasteiger partial charge in [-0.2, -0.15) is 0 Å². The van der Waals surface area contributed by atoms with Crippen molar-refractivity contribution in [2.24, 2.45) is 0 Å². The molecule has 1 saturated heterocycles. The number of benzene rings is 2. The molecule has 4 aromatic rings. The molecule has 3 heterocycles. The highest BCUT2D eigenvalue weighted by Gasteiger charge is 2.14. The van der Waals surface area contributed by atoms with Crippen LogP contribution in [0.4, 0.5) is 17.2 Å². The molecule has 7 nitrogen and oxygen atoms in total. The molecule has 0 radical (unpaired) electrons. The normalized spacial score (nSPS) is 14.0. The molecule has 7 heteroatoms. The van der Waals surface area contributed by atoms with Crippen LogP contribution < -0.4 is 15.8 Å². The van der Waals surface area contributed by atoms with Gasteiger partial charge in [0.15, 0.2) is 0 Å². The number of aromatic amines is 1. The summed E-state index contributed by atoms with van der Waals surface area (Å²) < 4.78 is 5.43. The number of aromatic nitrogens is 3. The summed E-state index contributed by atoms with van der Waals surface area (Å²) in [5.74, 6) is 0.490. The number of ether oxygens (including phenoxy) is 1. The summed E-state index contributed by atoms with van der Waals surface area (Å²) in [5, 5.41) is 3.77. The largest absolute Gasteiger partial charge is 0.378 e. The van der Waals surface area contributed by atoms with Crippen molar-refractivity contribution >= 4 is 28.1 Å². The van der Waals surface area contributed by atoms with Crippen LogP contribution in [0, 0.1) is 6.92 Å². The lowest BCUT2D eigenvalue weighted by atomic mass is 10.0. The standard InChI is InChI=1S/C24H23N5O2/c1-16-4-2-3-5-19(16)20-14-21-22(24(30)26-15-25-21)23(28-20)27-17-6-8-18(9-7-17)29-10-12-31-13-11-29/h2-9,14-15H,10-13H2,1H3,(H,27,28)(H,25,26,30). The van der Waals surface area contributed by atoms with Crippen LogP contribution in [0.3, 0.4) is 0 Å². The van der Waals surface area contributed by atoms with Gasteiger partial charge >= 0.3 is 0 Å². The van der Waals surface area contributed by atoms with Crippen LogP contribution >= 0.6 is 0 Å². The Balaban J connectivity index is 1.54.